The Bertz CT molecular complexity index is 1010. The summed E-state index contributed by atoms with van der Waals surface area (Å²) in [4.78, 5) is 26.6. The molecule has 5 nitrogen and oxygen atoms in total. The van der Waals surface area contributed by atoms with Crippen molar-refractivity contribution in [1.82, 2.24) is 4.90 Å². The van der Waals surface area contributed by atoms with E-state index in [4.69, 9.17) is 4.74 Å². The summed E-state index contributed by atoms with van der Waals surface area (Å²) < 4.78 is 72.7. The summed E-state index contributed by atoms with van der Waals surface area (Å²) in [5.74, 6) is -6.51. The van der Waals surface area contributed by atoms with Crippen molar-refractivity contribution < 1.29 is 36.3 Å². The quantitative estimate of drug-likeness (QED) is 0.558. The number of ether oxygens (including phenoxy) is 1. The van der Waals surface area contributed by atoms with Gasteiger partial charge in [-0.15, -0.1) is 0 Å². The van der Waals surface area contributed by atoms with Crippen molar-refractivity contribution in [2.24, 2.45) is 5.92 Å². The molecule has 2 aromatic rings. The number of benzene rings is 2. The van der Waals surface area contributed by atoms with Crippen molar-refractivity contribution in [3.8, 4) is 5.75 Å². The van der Waals surface area contributed by atoms with Crippen LogP contribution in [0.5, 0.6) is 5.75 Å². The molecule has 1 aliphatic heterocycles. The lowest BCUT2D eigenvalue weighted by Gasteiger charge is -2.20. The van der Waals surface area contributed by atoms with Crippen LogP contribution in [0.1, 0.15) is 24.0 Å². The molecule has 3 rings (SSSR count). The lowest BCUT2D eigenvalue weighted by molar-refractivity contribution is -0.137. The number of likely N-dealkylation sites (tertiary alicyclic amines) is 1. The smallest absolute Gasteiger partial charge is 0.416 e. The molecule has 166 valence electrons. The first-order valence-corrected chi connectivity index (χ1v) is 9.37. The van der Waals surface area contributed by atoms with Crippen LogP contribution in [-0.4, -0.2) is 36.9 Å². The van der Waals surface area contributed by atoms with Crippen LogP contribution < -0.4 is 10.1 Å². The SMILES string of the molecule is CCOc1cc(C2CN(C)C(=O)C2C(=O)Nc2cccc(F)c2F)cc(C(F)(F)F)c1. The highest BCUT2D eigenvalue weighted by atomic mass is 19.4. The monoisotopic (exact) mass is 442 g/mol. The Hall–Kier alpha value is -3.17. The molecular weight excluding hydrogens is 423 g/mol. The van der Waals surface area contributed by atoms with Gasteiger partial charge in [-0.1, -0.05) is 6.07 Å². The highest BCUT2D eigenvalue weighted by molar-refractivity contribution is 6.08. The lowest BCUT2D eigenvalue weighted by Crippen LogP contribution is -2.33. The van der Waals surface area contributed by atoms with Crippen molar-refractivity contribution >= 4 is 17.5 Å². The third kappa shape index (κ3) is 4.62. The van der Waals surface area contributed by atoms with Crippen LogP contribution >= 0.6 is 0 Å². The number of hydrogen-bond acceptors (Lipinski definition) is 3. The van der Waals surface area contributed by atoms with E-state index in [0.717, 1.165) is 24.3 Å². The maximum atomic E-state index is 13.9. The molecule has 1 heterocycles. The molecule has 1 N–H and O–H groups in total. The second-order valence-corrected chi connectivity index (χ2v) is 7.12. The standard InChI is InChI=1S/C21H19F5N2O3/c1-3-31-13-8-11(7-12(9-13)21(24,25)26)14-10-28(2)20(30)17(14)19(29)27-16-6-4-5-15(22)18(16)23/h4-9,14,17H,3,10H2,1-2H3,(H,27,29). The number of likely N-dealkylation sites (N-methyl/N-ethyl adjacent to an activating group) is 1. The summed E-state index contributed by atoms with van der Waals surface area (Å²) in [6, 6.07) is 6.20. The number of nitrogens with one attached hydrogen (secondary N) is 1. The lowest BCUT2D eigenvalue weighted by atomic mass is 9.86. The molecule has 31 heavy (non-hydrogen) atoms. The molecule has 2 aromatic carbocycles. The first-order valence-electron chi connectivity index (χ1n) is 9.37. The molecule has 0 spiro atoms. The van der Waals surface area contributed by atoms with Gasteiger partial charge in [0, 0.05) is 19.5 Å². The fraction of sp³-hybridized carbons (Fsp3) is 0.333. The van der Waals surface area contributed by atoms with Crippen LogP contribution in [0, 0.1) is 17.6 Å². The summed E-state index contributed by atoms with van der Waals surface area (Å²) in [5.41, 5.74) is -1.37. The van der Waals surface area contributed by atoms with Gasteiger partial charge in [-0.25, -0.2) is 8.78 Å². The van der Waals surface area contributed by atoms with E-state index in [1.54, 1.807) is 6.92 Å². The van der Waals surface area contributed by atoms with Gasteiger partial charge in [0.05, 0.1) is 17.9 Å². The third-order valence-corrected chi connectivity index (χ3v) is 5.00. The summed E-state index contributed by atoms with van der Waals surface area (Å²) in [5, 5.41) is 2.17. The van der Waals surface area contributed by atoms with Crippen LogP contribution in [0.3, 0.4) is 0 Å². The minimum atomic E-state index is -4.67. The van der Waals surface area contributed by atoms with E-state index in [-0.39, 0.29) is 24.5 Å². The molecule has 2 unspecified atom stereocenters. The first kappa shape index (κ1) is 22.5. The maximum absolute atomic E-state index is 13.9. The Morgan fingerprint density at radius 3 is 2.58 bits per heavy atom. The Morgan fingerprint density at radius 2 is 1.94 bits per heavy atom. The Balaban J connectivity index is 1.99. The molecule has 0 aromatic heterocycles. The number of carbonyl (C=O) groups is 2. The van der Waals surface area contributed by atoms with Gasteiger partial charge >= 0.3 is 6.18 Å². The van der Waals surface area contributed by atoms with Crippen LogP contribution in [0.2, 0.25) is 0 Å². The third-order valence-electron chi connectivity index (χ3n) is 5.00. The largest absolute Gasteiger partial charge is 0.494 e. The zero-order valence-electron chi connectivity index (χ0n) is 16.6. The summed E-state index contributed by atoms with van der Waals surface area (Å²) >= 11 is 0. The molecule has 1 aliphatic rings. The van der Waals surface area contributed by atoms with E-state index in [0.29, 0.717) is 0 Å². The highest BCUT2D eigenvalue weighted by Crippen LogP contribution is 2.39. The van der Waals surface area contributed by atoms with Gasteiger partial charge in [0.2, 0.25) is 11.8 Å². The molecular formula is C21H19F5N2O3. The second kappa shape index (κ2) is 8.52. The van der Waals surface area contributed by atoms with E-state index < -0.39 is 52.7 Å². The average molecular weight is 442 g/mol. The van der Waals surface area contributed by atoms with Crippen LogP contribution in [0.15, 0.2) is 36.4 Å². The average Bonchev–Trinajstić information content (AvgIpc) is 2.99. The minimum Gasteiger partial charge on any atom is -0.494 e. The Kier molecular flexibility index (Phi) is 6.19. The Morgan fingerprint density at radius 1 is 1.23 bits per heavy atom. The summed E-state index contributed by atoms with van der Waals surface area (Å²) in [7, 11) is 1.41. The van der Waals surface area contributed by atoms with Crippen molar-refractivity contribution in [2.75, 3.05) is 25.5 Å². The zero-order valence-corrected chi connectivity index (χ0v) is 16.6. The highest BCUT2D eigenvalue weighted by Gasteiger charge is 2.45. The molecule has 1 saturated heterocycles. The Labute approximate surface area is 174 Å². The molecule has 2 atom stereocenters. The van der Waals surface area contributed by atoms with Crippen LogP contribution in [0.25, 0.3) is 0 Å². The molecule has 0 radical (unpaired) electrons. The van der Waals surface area contributed by atoms with Gasteiger partial charge in [0.1, 0.15) is 11.7 Å². The second-order valence-electron chi connectivity index (χ2n) is 7.12. The van der Waals surface area contributed by atoms with Gasteiger partial charge in [-0.05, 0) is 42.8 Å². The predicted molar refractivity (Wildman–Crippen MR) is 101 cm³/mol. The van der Waals surface area contributed by atoms with E-state index in [1.807, 2.05) is 0 Å². The minimum absolute atomic E-state index is 0.0323. The molecule has 0 bridgehead atoms. The topological polar surface area (TPSA) is 58.6 Å². The van der Waals surface area contributed by atoms with E-state index >= 15 is 0 Å². The molecule has 10 heteroatoms. The van der Waals surface area contributed by atoms with Gasteiger partial charge < -0.3 is 15.0 Å². The normalized spacial score (nSPS) is 18.9. The van der Waals surface area contributed by atoms with Crippen molar-refractivity contribution in [3.05, 3.63) is 59.2 Å². The summed E-state index contributed by atoms with van der Waals surface area (Å²) in [6.07, 6.45) is -4.67. The van der Waals surface area contributed by atoms with E-state index in [9.17, 15) is 31.5 Å². The maximum Gasteiger partial charge on any atom is 0.416 e. The van der Waals surface area contributed by atoms with Crippen LogP contribution in [-0.2, 0) is 15.8 Å². The molecule has 1 fully saturated rings. The van der Waals surface area contributed by atoms with E-state index in [1.165, 1.54) is 24.1 Å². The molecule has 0 aliphatic carbocycles. The predicted octanol–water partition coefficient (Wildman–Crippen LogP) is 4.19. The number of halogens is 5. The van der Waals surface area contributed by atoms with Gasteiger partial charge in [-0.3, -0.25) is 9.59 Å². The number of amides is 2. The van der Waals surface area contributed by atoms with Gasteiger partial charge in [0.25, 0.3) is 0 Å². The fourth-order valence-electron chi connectivity index (χ4n) is 3.55. The van der Waals surface area contributed by atoms with Gasteiger partial charge in [0.15, 0.2) is 11.6 Å². The van der Waals surface area contributed by atoms with Crippen molar-refractivity contribution in [3.63, 3.8) is 0 Å². The number of anilines is 1. The number of rotatable bonds is 5. The van der Waals surface area contributed by atoms with Gasteiger partial charge in [-0.2, -0.15) is 13.2 Å². The van der Waals surface area contributed by atoms with Crippen molar-refractivity contribution in [1.29, 1.82) is 0 Å². The first-order chi connectivity index (χ1) is 14.5. The zero-order chi connectivity index (χ0) is 22.9. The number of nitrogens with zero attached hydrogens (tertiary/aromatic N) is 1. The fourth-order valence-corrected chi connectivity index (χ4v) is 3.55. The van der Waals surface area contributed by atoms with E-state index in [2.05, 4.69) is 5.32 Å². The van der Waals surface area contributed by atoms with Crippen molar-refractivity contribution in [2.45, 2.75) is 19.0 Å². The number of hydrogen-bond donors (Lipinski definition) is 1. The number of carbonyl (C=O) groups excluding carboxylic acids is 2. The van der Waals surface area contributed by atoms with Crippen LogP contribution in [0.4, 0.5) is 27.6 Å². The number of alkyl halides is 3. The summed E-state index contributed by atoms with van der Waals surface area (Å²) in [6.45, 7) is 1.69. The molecule has 2 amide bonds. The molecule has 0 saturated carbocycles.